The third-order valence-corrected chi connectivity index (χ3v) is 1.47. The highest BCUT2D eigenvalue weighted by atomic mass is 16.4. The fourth-order valence-corrected chi connectivity index (χ4v) is 0.824. The third-order valence-electron chi connectivity index (χ3n) is 1.47. The quantitative estimate of drug-likeness (QED) is 0.502. The zero-order valence-electron chi connectivity index (χ0n) is 7.23. The van der Waals surface area contributed by atoms with Crippen molar-refractivity contribution in [2.45, 2.75) is 12.5 Å². The summed E-state index contributed by atoms with van der Waals surface area (Å²) >= 11 is 0. The van der Waals surface area contributed by atoms with Crippen molar-refractivity contribution in [3.05, 3.63) is 12.4 Å². The predicted molar refractivity (Wildman–Crippen MR) is 47.4 cm³/mol. The smallest absolute Gasteiger partial charge is 0.305 e. The molecule has 1 aromatic rings. The van der Waals surface area contributed by atoms with Crippen LogP contribution in [0.15, 0.2) is 12.4 Å². The van der Waals surface area contributed by atoms with Gasteiger partial charge in [-0.1, -0.05) is 0 Å². The molecule has 0 aliphatic rings. The molecule has 0 bridgehead atoms. The molecule has 0 saturated carbocycles. The van der Waals surface area contributed by atoms with Crippen LogP contribution in [-0.2, 0) is 9.59 Å². The molecule has 1 amide bonds. The number of aliphatic carboxylic acids is 1. The number of imidazole rings is 1. The van der Waals surface area contributed by atoms with Crippen LogP contribution in [0.3, 0.4) is 0 Å². The lowest BCUT2D eigenvalue weighted by Gasteiger charge is -2.07. The second-order valence-electron chi connectivity index (χ2n) is 2.63. The van der Waals surface area contributed by atoms with Gasteiger partial charge in [0.2, 0.25) is 11.9 Å². The van der Waals surface area contributed by atoms with Crippen molar-refractivity contribution >= 4 is 17.8 Å². The van der Waals surface area contributed by atoms with E-state index < -0.39 is 24.3 Å². The lowest BCUT2D eigenvalue weighted by Crippen LogP contribution is -2.37. The molecule has 76 valence electrons. The van der Waals surface area contributed by atoms with Crippen LogP contribution in [0.5, 0.6) is 0 Å². The average molecular weight is 198 g/mol. The Labute approximate surface area is 79.3 Å². The highest BCUT2D eigenvalue weighted by Gasteiger charge is 2.17. The summed E-state index contributed by atoms with van der Waals surface area (Å²) in [4.78, 5) is 27.8. The summed E-state index contributed by atoms with van der Waals surface area (Å²) in [6.07, 6.45) is 2.57. The summed E-state index contributed by atoms with van der Waals surface area (Å²) in [6, 6.07) is -1.07. The number of carbonyl (C=O) groups excluding carboxylic acids is 1. The molecule has 1 unspecified atom stereocenters. The van der Waals surface area contributed by atoms with Crippen LogP contribution >= 0.6 is 0 Å². The Morgan fingerprint density at radius 2 is 2.43 bits per heavy atom. The van der Waals surface area contributed by atoms with Crippen molar-refractivity contribution < 1.29 is 14.7 Å². The molecule has 14 heavy (non-hydrogen) atoms. The van der Waals surface area contributed by atoms with Crippen molar-refractivity contribution in [1.82, 2.24) is 9.97 Å². The van der Waals surface area contributed by atoms with E-state index in [4.69, 9.17) is 10.8 Å². The summed E-state index contributed by atoms with van der Waals surface area (Å²) in [5, 5.41) is 10.7. The minimum atomic E-state index is -1.12. The van der Waals surface area contributed by atoms with E-state index in [0.717, 1.165) is 0 Å². The van der Waals surface area contributed by atoms with Gasteiger partial charge in [0.1, 0.15) is 0 Å². The van der Waals surface area contributed by atoms with Crippen LogP contribution < -0.4 is 11.1 Å². The van der Waals surface area contributed by atoms with Gasteiger partial charge in [-0.25, -0.2) is 4.98 Å². The molecule has 1 aromatic heterocycles. The van der Waals surface area contributed by atoms with E-state index in [1.165, 1.54) is 12.4 Å². The molecule has 7 heteroatoms. The maximum Gasteiger partial charge on any atom is 0.305 e. The number of carboxylic acid groups (broad SMARTS) is 1. The number of carbonyl (C=O) groups is 2. The first-order valence-electron chi connectivity index (χ1n) is 3.87. The molecule has 0 aliphatic heterocycles. The molecule has 1 heterocycles. The van der Waals surface area contributed by atoms with Crippen molar-refractivity contribution in [2.24, 2.45) is 5.73 Å². The fourth-order valence-electron chi connectivity index (χ4n) is 0.824. The average Bonchev–Trinajstić information content (AvgIpc) is 2.55. The Morgan fingerprint density at radius 1 is 1.71 bits per heavy atom. The monoisotopic (exact) mass is 198 g/mol. The largest absolute Gasteiger partial charge is 0.481 e. The zero-order valence-corrected chi connectivity index (χ0v) is 7.23. The van der Waals surface area contributed by atoms with Crippen molar-refractivity contribution in [3.63, 3.8) is 0 Å². The van der Waals surface area contributed by atoms with Crippen LogP contribution in [-0.4, -0.2) is 33.0 Å². The Hall–Kier alpha value is -1.89. The molecular weight excluding hydrogens is 188 g/mol. The first kappa shape index (κ1) is 10.2. The van der Waals surface area contributed by atoms with Crippen LogP contribution in [0.4, 0.5) is 5.95 Å². The normalized spacial score (nSPS) is 12.1. The van der Waals surface area contributed by atoms with E-state index in [-0.39, 0.29) is 5.95 Å². The van der Waals surface area contributed by atoms with Gasteiger partial charge in [0.25, 0.3) is 0 Å². The molecule has 1 rings (SSSR count). The molecule has 0 saturated heterocycles. The zero-order chi connectivity index (χ0) is 10.6. The Kier molecular flexibility index (Phi) is 3.19. The Balaban J connectivity index is 2.46. The summed E-state index contributed by atoms with van der Waals surface area (Å²) in [7, 11) is 0. The summed E-state index contributed by atoms with van der Waals surface area (Å²) in [6.45, 7) is 0. The van der Waals surface area contributed by atoms with E-state index >= 15 is 0 Å². The number of anilines is 1. The second kappa shape index (κ2) is 4.38. The fraction of sp³-hybridized carbons (Fsp3) is 0.286. The number of H-pyrrole nitrogens is 1. The molecule has 7 nitrogen and oxygen atoms in total. The lowest BCUT2D eigenvalue weighted by atomic mass is 10.2. The summed E-state index contributed by atoms with van der Waals surface area (Å²) in [5.74, 6) is -1.45. The number of hydrogen-bond acceptors (Lipinski definition) is 4. The molecule has 0 fully saturated rings. The number of amides is 1. The SMILES string of the molecule is NC(CC(=O)O)C(=O)Nc1ncc[nH]1. The first-order valence-corrected chi connectivity index (χ1v) is 3.87. The molecule has 0 aliphatic carbocycles. The van der Waals surface area contributed by atoms with Gasteiger partial charge in [-0.3, -0.25) is 14.9 Å². The molecule has 5 N–H and O–H groups in total. The number of nitrogens with zero attached hydrogens (tertiary/aromatic N) is 1. The van der Waals surface area contributed by atoms with Gasteiger partial charge in [0, 0.05) is 12.4 Å². The molecule has 0 aromatic carbocycles. The van der Waals surface area contributed by atoms with Gasteiger partial charge in [0.05, 0.1) is 12.5 Å². The topological polar surface area (TPSA) is 121 Å². The molecule has 0 spiro atoms. The third kappa shape index (κ3) is 2.87. The number of aromatic nitrogens is 2. The van der Waals surface area contributed by atoms with Crippen LogP contribution in [0.25, 0.3) is 0 Å². The van der Waals surface area contributed by atoms with E-state index in [1.807, 2.05) is 0 Å². The minimum absolute atomic E-state index is 0.246. The van der Waals surface area contributed by atoms with Gasteiger partial charge >= 0.3 is 5.97 Å². The van der Waals surface area contributed by atoms with Crippen LogP contribution in [0.2, 0.25) is 0 Å². The van der Waals surface area contributed by atoms with Crippen LogP contribution in [0, 0.1) is 0 Å². The Morgan fingerprint density at radius 3 is 2.93 bits per heavy atom. The summed E-state index contributed by atoms with van der Waals surface area (Å²) in [5.41, 5.74) is 5.30. The van der Waals surface area contributed by atoms with E-state index in [0.29, 0.717) is 0 Å². The summed E-state index contributed by atoms with van der Waals surface area (Å²) < 4.78 is 0. The van der Waals surface area contributed by atoms with Crippen LogP contribution in [0.1, 0.15) is 6.42 Å². The number of carboxylic acids is 1. The van der Waals surface area contributed by atoms with Gasteiger partial charge in [-0.2, -0.15) is 0 Å². The standard InChI is InChI=1S/C7H10N4O3/c8-4(3-5(12)13)6(14)11-7-9-1-2-10-7/h1-2,4H,3,8H2,(H,12,13)(H2,9,10,11,14). The number of hydrogen-bond donors (Lipinski definition) is 4. The minimum Gasteiger partial charge on any atom is -0.481 e. The number of aromatic amines is 1. The predicted octanol–water partition coefficient (Wildman–Crippen LogP) is -0.850. The van der Waals surface area contributed by atoms with Gasteiger partial charge in [0.15, 0.2) is 0 Å². The molecule has 0 radical (unpaired) electrons. The van der Waals surface area contributed by atoms with Crippen molar-refractivity contribution in [1.29, 1.82) is 0 Å². The molecule has 1 atom stereocenters. The van der Waals surface area contributed by atoms with E-state index in [1.54, 1.807) is 0 Å². The highest BCUT2D eigenvalue weighted by molar-refractivity contribution is 5.95. The second-order valence-corrected chi connectivity index (χ2v) is 2.63. The van der Waals surface area contributed by atoms with Crippen molar-refractivity contribution in [3.8, 4) is 0 Å². The first-order chi connectivity index (χ1) is 6.59. The lowest BCUT2D eigenvalue weighted by molar-refractivity contribution is -0.138. The number of rotatable bonds is 4. The number of nitrogens with one attached hydrogen (secondary N) is 2. The molecular formula is C7H10N4O3. The highest BCUT2D eigenvalue weighted by Crippen LogP contribution is 1.97. The van der Waals surface area contributed by atoms with Gasteiger partial charge < -0.3 is 15.8 Å². The Bertz CT molecular complexity index is 322. The maximum atomic E-state index is 11.2. The van der Waals surface area contributed by atoms with E-state index in [2.05, 4.69) is 15.3 Å². The van der Waals surface area contributed by atoms with Crippen molar-refractivity contribution in [2.75, 3.05) is 5.32 Å². The van der Waals surface area contributed by atoms with Gasteiger partial charge in [-0.05, 0) is 0 Å². The van der Waals surface area contributed by atoms with Gasteiger partial charge in [-0.15, -0.1) is 0 Å². The maximum absolute atomic E-state index is 11.2. The number of nitrogens with two attached hydrogens (primary N) is 1. The van der Waals surface area contributed by atoms with E-state index in [9.17, 15) is 9.59 Å².